The van der Waals surface area contributed by atoms with Gasteiger partial charge in [0.25, 0.3) is 5.91 Å². The van der Waals surface area contributed by atoms with Crippen LogP contribution in [0.4, 0.5) is 4.39 Å². The van der Waals surface area contributed by atoms with Crippen LogP contribution in [-0.4, -0.2) is 35.4 Å². The average molecular weight is 386 g/mol. The minimum absolute atomic E-state index is 0.211. The third-order valence-corrected chi connectivity index (χ3v) is 5.50. The molecule has 3 rings (SSSR count). The summed E-state index contributed by atoms with van der Waals surface area (Å²) in [5.74, 6) is -1.46. The molecule has 0 saturated carbocycles. The molecule has 1 aromatic heterocycles. The Morgan fingerprint density at radius 2 is 1.89 bits per heavy atom. The van der Waals surface area contributed by atoms with Gasteiger partial charge in [0.05, 0.1) is 22.7 Å². The molecular formula is C20H19FN2O3S. The first-order chi connectivity index (χ1) is 13.0. The molecule has 2 aromatic carbocycles. The fourth-order valence-corrected chi connectivity index (χ4v) is 3.61. The fraction of sp³-hybridized carbons (Fsp3) is 0.250. The molecular weight excluding hydrogens is 367 g/mol. The fourth-order valence-electron chi connectivity index (χ4n) is 2.54. The van der Waals surface area contributed by atoms with Gasteiger partial charge in [0.15, 0.2) is 6.61 Å². The molecule has 0 aliphatic rings. The van der Waals surface area contributed by atoms with Crippen LogP contribution in [0.25, 0.3) is 10.2 Å². The first kappa shape index (κ1) is 19.0. The highest BCUT2D eigenvalue weighted by molar-refractivity contribution is 7.18. The predicted octanol–water partition coefficient (Wildman–Crippen LogP) is 3.74. The topological polar surface area (TPSA) is 59.5 Å². The van der Waals surface area contributed by atoms with Crippen LogP contribution in [0.3, 0.4) is 0 Å². The number of esters is 1. The molecule has 0 unspecified atom stereocenters. The molecule has 1 amide bonds. The van der Waals surface area contributed by atoms with Crippen LogP contribution in [0.2, 0.25) is 0 Å². The molecule has 7 heteroatoms. The summed E-state index contributed by atoms with van der Waals surface area (Å²) in [4.78, 5) is 30.3. The van der Waals surface area contributed by atoms with E-state index in [-0.39, 0.29) is 30.5 Å². The Bertz CT molecular complexity index is 940. The van der Waals surface area contributed by atoms with Crippen LogP contribution in [-0.2, 0) is 20.7 Å². The highest BCUT2D eigenvalue weighted by atomic mass is 32.1. The van der Waals surface area contributed by atoms with Crippen molar-refractivity contribution in [3.8, 4) is 0 Å². The number of amides is 1. The molecule has 3 aromatic rings. The normalized spacial score (nSPS) is 12.0. The maximum Gasteiger partial charge on any atom is 0.310 e. The third-order valence-electron chi connectivity index (χ3n) is 4.29. The number of para-hydroxylation sites is 1. The van der Waals surface area contributed by atoms with E-state index in [1.807, 2.05) is 31.2 Å². The molecule has 0 aliphatic carbocycles. The quantitative estimate of drug-likeness (QED) is 0.606. The number of benzene rings is 2. The number of halogens is 1. The Hall–Kier alpha value is -2.80. The Balaban J connectivity index is 1.56. The minimum atomic E-state index is -0.644. The van der Waals surface area contributed by atoms with Gasteiger partial charge in [-0.2, -0.15) is 0 Å². The average Bonchev–Trinajstić information content (AvgIpc) is 3.11. The van der Waals surface area contributed by atoms with Crippen molar-refractivity contribution in [3.05, 3.63) is 64.9 Å². The van der Waals surface area contributed by atoms with Crippen molar-refractivity contribution < 1.29 is 18.7 Å². The standard InChI is InChI=1S/C20H19FN2O3S/c1-13(20-22-16-9-5-6-10-17(16)27-20)23(2)18(24)12-26-19(25)11-14-7-3-4-8-15(14)21/h3-10,13H,11-12H2,1-2H3/t13-/m1/s1. The molecule has 140 valence electrons. The van der Waals surface area contributed by atoms with Crippen LogP contribution in [0.1, 0.15) is 23.5 Å². The van der Waals surface area contributed by atoms with E-state index in [2.05, 4.69) is 4.98 Å². The minimum Gasteiger partial charge on any atom is -0.455 e. The van der Waals surface area contributed by atoms with Crippen molar-refractivity contribution in [2.45, 2.75) is 19.4 Å². The van der Waals surface area contributed by atoms with E-state index in [0.717, 1.165) is 15.2 Å². The second-order valence-electron chi connectivity index (χ2n) is 6.13. The number of hydrogen-bond donors (Lipinski definition) is 0. The Labute approximate surface area is 160 Å². The van der Waals surface area contributed by atoms with E-state index >= 15 is 0 Å². The lowest BCUT2D eigenvalue weighted by Gasteiger charge is -2.23. The maximum absolute atomic E-state index is 13.6. The molecule has 0 bridgehead atoms. The highest BCUT2D eigenvalue weighted by Crippen LogP contribution is 2.28. The number of fused-ring (bicyclic) bond motifs is 1. The Kier molecular flexibility index (Phi) is 5.81. The molecule has 0 aliphatic heterocycles. The van der Waals surface area contributed by atoms with Crippen molar-refractivity contribution in [2.75, 3.05) is 13.7 Å². The summed E-state index contributed by atoms with van der Waals surface area (Å²) < 4.78 is 19.6. The SMILES string of the molecule is C[C@H](c1nc2ccccc2s1)N(C)C(=O)COC(=O)Cc1ccccc1F. The van der Waals surface area contributed by atoms with E-state index in [0.29, 0.717) is 0 Å². The predicted molar refractivity (Wildman–Crippen MR) is 102 cm³/mol. The van der Waals surface area contributed by atoms with Crippen molar-refractivity contribution in [2.24, 2.45) is 0 Å². The second-order valence-corrected chi connectivity index (χ2v) is 7.19. The van der Waals surface area contributed by atoms with Crippen LogP contribution in [0, 0.1) is 5.82 Å². The number of rotatable bonds is 6. The lowest BCUT2D eigenvalue weighted by molar-refractivity contribution is -0.151. The lowest BCUT2D eigenvalue weighted by Crippen LogP contribution is -2.33. The number of thiazole rings is 1. The van der Waals surface area contributed by atoms with Gasteiger partial charge >= 0.3 is 5.97 Å². The molecule has 0 spiro atoms. The summed E-state index contributed by atoms with van der Waals surface area (Å²) in [5, 5.41) is 0.810. The van der Waals surface area contributed by atoms with Crippen molar-refractivity contribution in [1.82, 2.24) is 9.88 Å². The molecule has 1 atom stereocenters. The van der Waals surface area contributed by atoms with Gasteiger partial charge in [0.1, 0.15) is 10.8 Å². The number of hydrogen-bond acceptors (Lipinski definition) is 5. The smallest absolute Gasteiger partial charge is 0.310 e. The summed E-state index contributed by atoms with van der Waals surface area (Å²) >= 11 is 1.52. The Morgan fingerprint density at radius 1 is 1.19 bits per heavy atom. The first-order valence-corrected chi connectivity index (χ1v) is 9.27. The van der Waals surface area contributed by atoms with Crippen molar-refractivity contribution in [1.29, 1.82) is 0 Å². The monoisotopic (exact) mass is 386 g/mol. The number of likely N-dealkylation sites (N-methyl/N-ethyl adjacent to an activating group) is 1. The summed E-state index contributed by atoms with van der Waals surface area (Å²) in [5.41, 5.74) is 1.13. The highest BCUT2D eigenvalue weighted by Gasteiger charge is 2.22. The summed E-state index contributed by atoms with van der Waals surface area (Å²) in [6.45, 7) is 1.48. The van der Waals surface area contributed by atoms with E-state index < -0.39 is 11.8 Å². The second kappa shape index (κ2) is 8.26. The zero-order valence-electron chi connectivity index (χ0n) is 15.0. The summed E-state index contributed by atoms with van der Waals surface area (Å²) in [6.07, 6.45) is -0.211. The van der Waals surface area contributed by atoms with Gasteiger partial charge in [-0.15, -0.1) is 11.3 Å². The molecule has 27 heavy (non-hydrogen) atoms. The third kappa shape index (κ3) is 4.49. The van der Waals surface area contributed by atoms with Crippen LogP contribution >= 0.6 is 11.3 Å². The zero-order chi connectivity index (χ0) is 19.4. The lowest BCUT2D eigenvalue weighted by atomic mass is 10.1. The van der Waals surface area contributed by atoms with E-state index in [1.54, 1.807) is 19.2 Å². The van der Waals surface area contributed by atoms with Gasteiger partial charge in [-0.1, -0.05) is 30.3 Å². The maximum atomic E-state index is 13.6. The van der Waals surface area contributed by atoms with E-state index in [1.165, 1.54) is 28.4 Å². The van der Waals surface area contributed by atoms with Gasteiger partial charge in [-0.3, -0.25) is 9.59 Å². The molecule has 0 N–H and O–H groups in total. The summed E-state index contributed by atoms with van der Waals surface area (Å²) in [6, 6.07) is 13.5. The molecule has 1 heterocycles. The van der Waals surface area contributed by atoms with Gasteiger partial charge < -0.3 is 9.64 Å². The number of carbonyl (C=O) groups is 2. The molecule has 0 fully saturated rings. The van der Waals surface area contributed by atoms with Crippen molar-refractivity contribution >= 4 is 33.4 Å². The van der Waals surface area contributed by atoms with Crippen LogP contribution < -0.4 is 0 Å². The first-order valence-electron chi connectivity index (χ1n) is 8.46. The zero-order valence-corrected chi connectivity index (χ0v) is 15.8. The Morgan fingerprint density at radius 3 is 2.63 bits per heavy atom. The molecule has 5 nitrogen and oxygen atoms in total. The van der Waals surface area contributed by atoms with Crippen LogP contribution in [0.5, 0.6) is 0 Å². The van der Waals surface area contributed by atoms with Gasteiger partial charge in [-0.25, -0.2) is 9.37 Å². The number of ether oxygens (including phenoxy) is 1. The molecule has 0 radical (unpaired) electrons. The van der Waals surface area contributed by atoms with E-state index in [4.69, 9.17) is 4.74 Å². The summed E-state index contributed by atoms with van der Waals surface area (Å²) in [7, 11) is 1.64. The van der Waals surface area contributed by atoms with E-state index in [9.17, 15) is 14.0 Å². The van der Waals surface area contributed by atoms with Crippen molar-refractivity contribution in [3.63, 3.8) is 0 Å². The van der Waals surface area contributed by atoms with Gasteiger partial charge in [0.2, 0.25) is 0 Å². The molecule has 0 saturated heterocycles. The van der Waals surface area contributed by atoms with Gasteiger partial charge in [-0.05, 0) is 30.7 Å². The largest absolute Gasteiger partial charge is 0.455 e. The number of carbonyl (C=O) groups excluding carboxylic acids is 2. The van der Waals surface area contributed by atoms with Gasteiger partial charge in [0, 0.05) is 7.05 Å². The number of aromatic nitrogens is 1. The number of nitrogens with zero attached hydrogens (tertiary/aromatic N) is 2. The van der Waals surface area contributed by atoms with Crippen LogP contribution in [0.15, 0.2) is 48.5 Å².